The van der Waals surface area contributed by atoms with E-state index in [1.54, 1.807) is 0 Å². The number of carbonyl (C=O) groups is 3. The molecule has 288 valence electrons. The first kappa shape index (κ1) is 47.4. The van der Waals surface area contributed by atoms with E-state index >= 15 is 0 Å². The van der Waals surface area contributed by atoms with Crippen LogP contribution in [0, 0.1) is 0 Å². The summed E-state index contributed by atoms with van der Waals surface area (Å²) >= 11 is 0. The maximum atomic E-state index is 12.7. The van der Waals surface area contributed by atoms with Crippen LogP contribution in [0.4, 0.5) is 0 Å². The third-order valence-electron chi connectivity index (χ3n) is 8.97. The highest BCUT2D eigenvalue weighted by atomic mass is 16.5. The van der Waals surface area contributed by atoms with Crippen LogP contribution in [-0.2, 0) is 19.1 Å². The lowest BCUT2D eigenvalue weighted by atomic mass is 10.0. The van der Waals surface area contributed by atoms with Gasteiger partial charge in [0.25, 0.3) is 0 Å². The molecule has 6 heteroatoms. The van der Waals surface area contributed by atoms with Gasteiger partial charge in [0, 0.05) is 12.8 Å². The van der Waals surface area contributed by atoms with Crippen molar-refractivity contribution in [1.29, 1.82) is 0 Å². The molecule has 1 unspecified atom stereocenters. The molecule has 0 rings (SSSR count). The highest BCUT2D eigenvalue weighted by molar-refractivity contribution is 5.80. The Morgan fingerprint density at radius 3 is 1.46 bits per heavy atom. The zero-order valence-electron chi connectivity index (χ0n) is 32.5. The van der Waals surface area contributed by atoms with E-state index in [1.807, 2.05) is 0 Å². The molecule has 0 aliphatic carbocycles. The van der Waals surface area contributed by atoms with Gasteiger partial charge < -0.3 is 15.2 Å². The third-order valence-corrected chi connectivity index (χ3v) is 8.97. The summed E-state index contributed by atoms with van der Waals surface area (Å²) in [5.74, 6) is -1.27. The van der Waals surface area contributed by atoms with Crippen LogP contribution in [0.5, 0.6) is 0 Å². The first-order valence-corrected chi connectivity index (χ1v) is 20.8. The summed E-state index contributed by atoms with van der Waals surface area (Å²) in [6.45, 7) is 4.16. The van der Waals surface area contributed by atoms with Gasteiger partial charge in [0.2, 0.25) is 5.91 Å². The van der Waals surface area contributed by atoms with Crippen LogP contribution < -0.4 is 5.32 Å². The fraction of sp³-hybridized carbons (Fsp3) is 0.750. The van der Waals surface area contributed by atoms with Crippen molar-refractivity contribution in [2.75, 3.05) is 6.54 Å². The van der Waals surface area contributed by atoms with Crippen LogP contribution in [0.2, 0.25) is 0 Å². The van der Waals surface area contributed by atoms with E-state index in [-0.39, 0.29) is 24.5 Å². The zero-order chi connectivity index (χ0) is 36.6. The molecule has 2 N–H and O–H groups in total. The summed E-state index contributed by atoms with van der Waals surface area (Å²) in [5.41, 5.74) is 0. The minimum Gasteiger partial charge on any atom is -0.480 e. The number of amides is 1. The summed E-state index contributed by atoms with van der Waals surface area (Å²) in [6.07, 6.45) is 49.4. The molecular weight excluding hydrogens is 622 g/mol. The number of unbranched alkanes of at least 4 members (excludes halogenated alkanes) is 18. The third kappa shape index (κ3) is 38.2. The van der Waals surface area contributed by atoms with Crippen LogP contribution >= 0.6 is 0 Å². The van der Waals surface area contributed by atoms with Gasteiger partial charge in [0.15, 0.2) is 0 Å². The predicted octanol–water partition coefficient (Wildman–Crippen LogP) is 12.7. The molecule has 0 saturated heterocycles. The first-order valence-electron chi connectivity index (χ1n) is 20.8. The van der Waals surface area contributed by atoms with Gasteiger partial charge in [-0.05, 0) is 96.3 Å². The average Bonchev–Trinajstić information content (AvgIpc) is 3.10. The Kier molecular flexibility index (Phi) is 37.1. The number of nitrogens with one attached hydrogen (secondary N) is 1. The number of rotatable bonds is 37. The van der Waals surface area contributed by atoms with Crippen LogP contribution in [0.25, 0.3) is 0 Å². The first-order chi connectivity index (χ1) is 24.5. The lowest BCUT2D eigenvalue weighted by Gasteiger charge is -2.18. The highest BCUT2D eigenvalue weighted by Crippen LogP contribution is 2.18. The van der Waals surface area contributed by atoms with Crippen LogP contribution in [0.3, 0.4) is 0 Å². The normalized spacial score (nSPS) is 12.5. The van der Waals surface area contributed by atoms with Gasteiger partial charge in [0.1, 0.15) is 12.6 Å². The second-order valence-corrected chi connectivity index (χ2v) is 13.9. The van der Waals surface area contributed by atoms with E-state index < -0.39 is 5.97 Å². The Bertz CT molecular complexity index is 906. The van der Waals surface area contributed by atoms with Crippen molar-refractivity contribution in [3.05, 3.63) is 48.6 Å². The van der Waals surface area contributed by atoms with Crippen LogP contribution in [0.15, 0.2) is 48.6 Å². The number of hydrogen-bond acceptors (Lipinski definition) is 4. The topological polar surface area (TPSA) is 92.7 Å². The van der Waals surface area contributed by atoms with Gasteiger partial charge in [-0.3, -0.25) is 14.4 Å². The molecule has 6 nitrogen and oxygen atoms in total. The van der Waals surface area contributed by atoms with E-state index in [0.29, 0.717) is 12.8 Å². The number of carboxylic acids is 1. The summed E-state index contributed by atoms with van der Waals surface area (Å²) in [5, 5.41) is 11.1. The number of aliphatic carboxylic acids is 1. The molecule has 0 aliphatic heterocycles. The largest absolute Gasteiger partial charge is 0.480 e. The number of ether oxygens (including phenoxy) is 1. The number of carbonyl (C=O) groups excluding carboxylic acids is 2. The van der Waals surface area contributed by atoms with Crippen molar-refractivity contribution >= 4 is 17.8 Å². The van der Waals surface area contributed by atoms with Crippen molar-refractivity contribution in [3.63, 3.8) is 0 Å². The SMILES string of the molecule is CCCCC/C=C\C/C=C\CCCCCCCCCC(=O)OC(CCC/C=C\C/C=C\CCCCC)CCCCCCCC(=O)NCC(=O)O. The second-order valence-electron chi connectivity index (χ2n) is 13.9. The summed E-state index contributed by atoms with van der Waals surface area (Å²) in [7, 11) is 0. The zero-order valence-corrected chi connectivity index (χ0v) is 32.5. The molecule has 50 heavy (non-hydrogen) atoms. The maximum absolute atomic E-state index is 12.7. The van der Waals surface area contributed by atoms with Crippen LogP contribution in [0.1, 0.15) is 200 Å². The molecule has 0 heterocycles. The van der Waals surface area contributed by atoms with Gasteiger partial charge in [0.05, 0.1) is 0 Å². The molecule has 0 aromatic heterocycles. The number of carboxylic acid groups (broad SMARTS) is 1. The molecule has 1 amide bonds. The molecule has 0 aliphatic rings. The molecule has 1 atom stereocenters. The predicted molar refractivity (Wildman–Crippen MR) is 212 cm³/mol. The maximum Gasteiger partial charge on any atom is 0.322 e. The van der Waals surface area contributed by atoms with E-state index in [4.69, 9.17) is 9.84 Å². The second kappa shape index (κ2) is 39.2. The Morgan fingerprint density at radius 2 is 0.940 bits per heavy atom. The molecule has 0 spiro atoms. The van der Waals surface area contributed by atoms with Gasteiger partial charge in [-0.15, -0.1) is 0 Å². The van der Waals surface area contributed by atoms with Crippen LogP contribution in [-0.4, -0.2) is 35.6 Å². The number of hydrogen-bond donors (Lipinski definition) is 2. The number of allylic oxidation sites excluding steroid dienone is 8. The minimum absolute atomic E-state index is 0.0213. The monoisotopic (exact) mass is 700 g/mol. The van der Waals surface area contributed by atoms with Gasteiger partial charge >= 0.3 is 11.9 Å². The lowest BCUT2D eigenvalue weighted by molar-refractivity contribution is -0.150. The molecule has 0 aromatic rings. The fourth-order valence-electron chi connectivity index (χ4n) is 5.87. The molecule has 0 radical (unpaired) electrons. The lowest BCUT2D eigenvalue weighted by Crippen LogP contribution is -2.28. The summed E-state index contributed by atoms with van der Waals surface area (Å²) in [4.78, 5) is 35.0. The highest BCUT2D eigenvalue weighted by Gasteiger charge is 2.14. The van der Waals surface area contributed by atoms with Crippen molar-refractivity contribution in [2.24, 2.45) is 0 Å². The standard InChI is InChI=1S/C44H77NO5/c1-3-5-7-9-11-13-15-16-17-18-19-20-22-24-26-31-35-39-44(49)50-41(36-32-28-25-23-21-14-12-10-8-6-4-2)37-33-29-27-30-34-38-42(46)45-40-43(47)48/h11-14,16-17,23,25,41H,3-10,15,18-22,24,26-40H2,1-2H3,(H,45,46)(H,47,48)/b13-11-,14-12-,17-16-,25-23-. The van der Waals surface area contributed by atoms with E-state index in [9.17, 15) is 14.4 Å². The fourth-order valence-corrected chi connectivity index (χ4v) is 5.87. The minimum atomic E-state index is -1.02. The summed E-state index contributed by atoms with van der Waals surface area (Å²) in [6, 6.07) is 0. The molecule has 0 saturated carbocycles. The molecule has 0 aromatic carbocycles. The van der Waals surface area contributed by atoms with Gasteiger partial charge in [-0.25, -0.2) is 0 Å². The molecule has 0 bridgehead atoms. The Labute approximate surface area is 308 Å². The van der Waals surface area contributed by atoms with Gasteiger partial charge in [-0.1, -0.05) is 140 Å². The molecule has 0 fully saturated rings. The van der Waals surface area contributed by atoms with E-state index in [1.165, 1.54) is 89.9 Å². The van der Waals surface area contributed by atoms with Crippen molar-refractivity contribution in [3.8, 4) is 0 Å². The van der Waals surface area contributed by atoms with Crippen molar-refractivity contribution in [2.45, 2.75) is 206 Å². The smallest absolute Gasteiger partial charge is 0.322 e. The Hall–Kier alpha value is -2.63. The quantitative estimate of drug-likeness (QED) is 0.0382. The van der Waals surface area contributed by atoms with E-state index in [2.05, 4.69) is 67.8 Å². The number of esters is 1. The van der Waals surface area contributed by atoms with Crippen molar-refractivity contribution < 1.29 is 24.2 Å². The van der Waals surface area contributed by atoms with E-state index in [0.717, 1.165) is 83.5 Å². The summed E-state index contributed by atoms with van der Waals surface area (Å²) < 4.78 is 5.99. The average molecular weight is 700 g/mol. The Balaban J connectivity index is 4.21. The van der Waals surface area contributed by atoms with Crippen molar-refractivity contribution in [1.82, 2.24) is 5.32 Å². The molecular formula is C44H77NO5. The Morgan fingerprint density at radius 1 is 0.520 bits per heavy atom. The van der Waals surface area contributed by atoms with Gasteiger partial charge in [-0.2, -0.15) is 0 Å².